The van der Waals surface area contributed by atoms with Crippen molar-refractivity contribution >= 4 is 22.5 Å². The molecular weight excluding hydrogens is 208 g/mol. The summed E-state index contributed by atoms with van der Waals surface area (Å²) in [4.78, 5) is 3.40. The predicted octanol–water partition coefficient (Wildman–Crippen LogP) is 3.16. The van der Waals surface area contributed by atoms with E-state index in [0.29, 0.717) is 12.5 Å². The van der Waals surface area contributed by atoms with E-state index in [1.807, 2.05) is 6.07 Å². The highest BCUT2D eigenvalue weighted by Gasteiger charge is 2.28. The number of hydrogen-bond donors (Lipinski definition) is 2. The first-order valence-corrected chi connectivity index (χ1v) is 5.67. The first-order valence-electron chi connectivity index (χ1n) is 5.29. The molecular formula is C12H13ClN2. The van der Waals surface area contributed by atoms with Crippen LogP contribution in [0, 0.1) is 0 Å². The Morgan fingerprint density at radius 1 is 1.40 bits per heavy atom. The van der Waals surface area contributed by atoms with E-state index < -0.39 is 0 Å². The van der Waals surface area contributed by atoms with Crippen LogP contribution in [0.4, 0.5) is 0 Å². The number of rotatable bonds is 2. The van der Waals surface area contributed by atoms with Gasteiger partial charge in [-0.25, -0.2) is 0 Å². The van der Waals surface area contributed by atoms with E-state index in [1.165, 1.54) is 18.5 Å². The molecule has 15 heavy (non-hydrogen) atoms. The van der Waals surface area contributed by atoms with Crippen LogP contribution in [0.25, 0.3) is 10.9 Å². The molecule has 2 aromatic rings. The molecule has 3 rings (SSSR count). The van der Waals surface area contributed by atoms with Crippen molar-refractivity contribution in [3.05, 3.63) is 34.5 Å². The Kier molecular flexibility index (Phi) is 2.01. The van der Waals surface area contributed by atoms with Crippen molar-refractivity contribution < 1.29 is 0 Å². The van der Waals surface area contributed by atoms with Crippen molar-refractivity contribution in [2.24, 2.45) is 5.73 Å². The largest absolute Gasteiger partial charge is 0.357 e. The molecule has 1 heterocycles. The number of hydrogen-bond acceptors (Lipinski definition) is 1. The molecule has 1 aromatic carbocycles. The van der Waals surface area contributed by atoms with Crippen molar-refractivity contribution in [1.82, 2.24) is 4.98 Å². The summed E-state index contributed by atoms with van der Waals surface area (Å²) in [6.45, 7) is 0.566. The Morgan fingerprint density at radius 2 is 2.20 bits per heavy atom. The van der Waals surface area contributed by atoms with Crippen molar-refractivity contribution in [2.75, 3.05) is 0 Å². The summed E-state index contributed by atoms with van der Waals surface area (Å²) in [7, 11) is 0. The second kappa shape index (κ2) is 3.26. The second-order valence-corrected chi connectivity index (χ2v) is 4.59. The third kappa shape index (κ3) is 1.45. The lowest BCUT2D eigenvalue weighted by molar-refractivity contribution is 1.06. The Hall–Kier alpha value is -0.990. The lowest BCUT2D eigenvalue weighted by Crippen LogP contribution is -1.94. The van der Waals surface area contributed by atoms with E-state index in [2.05, 4.69) is 17.1 Å². The zero-order valence-electron chi connectivity index (χ0n) is 8.39. The highest BCUT2D eigenvalue weighted by Crippen LogP contribution is 2.45. The van der Waals surface area contributed by atoms with Gasteiger partial charge in [-0.05, 0) is 30.5 Å². The average molecular weight is 221 g/mol. The molecule has 0 saturated heterocycles. The lowest BCUT2D eigenvalue weighted by atomic mass is 10.1. The minimum atomic E-state index is 0.566. The first kappa shape index (κ1) is 9.25. The van der Waals surface area contributed by atoms with Gasteiger partial charge >= 0.3 is 0 Å². The smallest absolute Gasteiger partial charge is 0.0694 e. The molecule has 1 aliphatic rings. The molecule has 0 spiro atoms. The van der Waals surface area contributed by atoms with Gasteiger partial charge in [-0.3, -0.25) is 0 Å². The van der Waals surface area contributed by atoms with Gasteiger partial charge in [0.15, 0.2) is 0 Å². The van der Waals surface area contributed by atoms with E-state index >= 15 is 0 Å². The van der Waals surface area contributed by atoms with Crippen LogP contribution < -0.4 is 5.73 Å². The van der Waals surface area contributed by atoms with Crippen LogP contribution >= 0.6 is 11.6 Å². The number of H-pyrrole nitrogens is 1. The molecule has 1 fully saturated rings. The molecule has 0 aliphatic heterocycles. The van der Waals surface area contributed by atoms with Gasteiger partial charge in [0.25, 0.3) is 0 Å². The summed E-state index contributed by atoms with van der Waals surface area (Å²) < 4.78 is 0. The van der Waals surface area contributed by atoms with Gasteiger partial charge in [-0.1, -0.05) is 17.7 Å². The quantitative estimate of drug-likeness (QED) is 0.802. The van der Waals surface area contributed by atoms with E-state index in [9.17, 15) is 0 Å². The van der Waals surface area contributed by atoms with Gasteiger partial charge in [0.1, 0.15) is 0 Å². The lowest BCUT2D eigenvalue weighted by Gasteiger charge is -1.96. The standard InChI is InChI=1S/C12H13ClN2/c13-11-9-5-7(6-14)1-4-10(9)15-12(11)8-2-3-8/h1,4-5,8,15H,2-3,6,14H2. The summed E-state index contributed by atoms with van der Waals surface area (Å²) in [5.74, 6) is 0.659. The fraction of sp³-hybridized carbons (Fsp3) is 0.333. The summed E-state index contributed by atoms with van der Waals surface area (Å²) in [5.41, 5.74) is 9.08. The van der Waals surface area contributed by atoms with Crippen LogP contribution in [0.3, 0.4) is 0 Å². The number of aromatic nitrogens is 1. The molecule has 1 saturated carbocycles. The molecule has 78 valence electrons. The Morgan fingerprint density at radius 3 is 2.87 bits per heavy atom. The van der Waals surface area contributed by atoms with Crippen LogP contribution in [0.5, 0.6) is 0 Å². The molecule has 3 heteroatoms. The highest BCUT2D eigenvalue weighted by molar-refractivity contribution is 6.36. The van der Waals surface area contributed by atoms with E-state index in [4.69, 9.17) is 17.3 Å². The van der Waals surface area contributed by atoms with Gasteiger partial charge in [0.2, 0.25) is 0 Å². The van der Waals surface area contributed by atoms with E-state index in [1.54, 1.807) is 0 Å². The number of benzene rings is 1. The van der Waals surface area contributed by atoms with Crippen molar-refractivity contribution in [3.63, 3.8) is 0 Å². The number of aromatic amines is 1. The third-order valence-corrected chi connectivity index (χ3v) is 3.45. The fourth-order valence-corrected chi connectivity index (χ4v) is 2.37. The minimum Gasteiger partial charge on any atom is -0.357 e. The van der Waals surface area contributed by atoms with Gasteiger partial charge in [-0.2, -0.15) is 0 Å². The molecule has 0 bridgehead atoms. The number of halogens is 1. The van der Waals surface area contributed by atoms with Crippen LogP contribution in [0.1, 0.15) is 30.0 Å². The topological polar surface area (TPSA) is 41.8 Å². The second-order valence-electron chi connectivity index (χ2n) is 4.21. The van der Waals surface area contributed by atoms with Crippen LogP contribution in [-0.2, 0) is 6.54 Å². The van der Waals surface area contributed by atoms with Crippen molar-refractivity contribution in [1.29, 1.82) is 0 Å². The maximum atomic E-state index is 6.35. The third-order valence-electron chi connectivity index (χ3n) is 3.05. The van der Waals surface area contributed by atoms with Crippen LogP contribution in [0.15, 0.2) is 18.2 Å². The molecule has 2 nitrogen and oxygen atoms in total. The molecule has 1 aliphatic carbocycles. The van der Waals surface area contributed by atoms with Gasteiger partial charge < -0.3 is 10.7 Å². The van der Waals surface area contributed by atoms with Crippen LogP contribution in [-0.4, -0.2) is 4.98 Å². The van der Waals surface area contributed by atoms with Crippen LogP contribution in [0.2, 0.25) is 5.02 Å². The van der Waals surface area contributed by atoms with Crippen molar-refractivity contribution in [3.8, 4) is 0 Å². The normalized spacial score (nSPS) is 16.1. The average Bonchev–Trinajstić information content (AvgIpc) is 3.05. The maximum Gasteiger partial charge on any atom is 0.0694 e. The monoisotopic (exact) mass is 220 g/mol. The molecule has 0 radical (unpaired) electrons. The molecule has 3 N–H and O–H groups in total. The zero-order chi connectivity index (χ0) is 10.4. The Labute approximate surface area is 93.4 Å². The number of nitrogens with one attached hydrogen (secondary N) is 1. The minimum absolute atomic E-state index is 0.566. The molecule has 0 amide bonds. The van der Waals surface area contributed by atoms with Crippen molar-refractivity contribution in [2.45, 2.75) is 25.3 Å². The maximum absolute atomic E-state index is 6.35. The van der Waals surface area contributed by atoms with Gasteiger partial charge in [0, 0.05) is 29.1 Å². The summed E-state index contributed by atoms with van der Waals surface area (Å²) in [6.07, 6.45) is 2.52. The number of fused-ring (bicyclic) bond motifs is 1. The highest BCUT2D eigenvalue weighted by atomic mass is 35.5. The van der Waals surface area contributed by atoms with E-state index in [0.717, 1.165) is 21.5 Å². The zero-order valence-corrected chi connectivity index (χ0v) is 9.14. The summed E-state index contributed by atoms with van der Waals surface area (Å²) in [6, 6.07) is 6.20. The Balaban J connectivity index is 2.21. The molecule has 0 unspecified atom stereocenters. The first-order chi connectivity index (χ1) is 7.29. The molecule has 1 aromatic heterocycles. The SMILES string of the molecule is NCc1ccc2[nH]c(C3CC3)c(Cl)c2c1. The Bertz CT molecular complexity index is 512. The molecule has 0 atom stereocenters. The van der Waals surface area contributed by atoms with E-state index in [-0.39, 0.29) is 0 Å². The number of nitrogens with two attached hydrogens (primary N) is 1. The predicted molar refractivity (Wildman–Crippen MR) is 63.2 cm³/mol. The summed E-state index contributed by atoms with van der Waals surface area (Å²) in [5, 5.41) is 2.00. The summed E-state index contributed by atoms with van der Waals surface area (Å²) >= 11 is 6.35. The van der Waals surface area contributed by atoms with Gasteiger partial charge in [0.05, 0.1) is 5.02 Å². The fourth-order valence-electron chi connectivity index (χ4n) is 2.01. The van der Waals surface area contributed by atoms with Gasteiger partial charge in [-0.15, -0.1) is 0 Å².